The van der Waals surface area contributed by atoms with Crippen molar-refractivity contribution in [2.45, 2.75) is 35.4 Å². The molecular formula is C19H17Cl2N3O6S. The molecule has 0 saturated carbocycles. The summed E-state index contributed by atoms with van der Waals surface area (Å²) < 4.78 is 7.28. The van der Waals surface area contributed by atoms with Crippen LogP contribution in [0.15, 0.2) is 41.6 Å². The normalized spacial score (nSPS) is 23.5. The van der Waals surface area contributed by atoms with Crippen LogP contribution in [0.25, 0.3) is 11.0 Å². The van der Waals surface area contributed by atoms with E-state index in [0.29, 0.717) is 32.5 Å². The molecule has 0 aliphatic carbocycles. The minimum absolute atomic E-state index is 0.0198. The first-order valence-electron chi connectivity index (χ1n) is 9.15. The van der Waals surface area contributed by atoms with Crippen molar-refractivity contribution in [3.05, 3.63) is 62.1 Å². The van der Waals surface area contributed by atoms with E-state index < -0.39 is 36.1 Å². The lowest BCUT2D eigenvalue weighted by Crippen LogP contribution is -2.33. The van der Waals surface area contributed by atoms with Crippen molar-refractivity contribution in [3.8, 4) is 0 Å². The number of hydrogen-bond donors (Lipinski definition) is 3. The summed E-state index contributed by atoms with van der Waals surface area (Å²) in [7, 11) is 0. The fourth-order valence-electron chi connectivity index (χ4n) is 3.42. The second-order valence-corrected chi connectivity index (χ2v) is 8.72. The average molecular weight is 486 g/mol. The van der Waals surface area contributed by atoms with Crippen LogP contribution in [0.1, 0.15) is 11.8 Å². The van der Waals surface area contributed by atoms with Gasteiger partial charge in [0.15, 0.2) is 11.4 Å². The maximum absolute atomic E-state index is 11.0. The molecule has 0 radical (unpaired) electrons. The standard InChI is InChI=1S/C19H17Cl2N3O6S/c20-11-5-13-14(6-12(11)21)23(18-17(27)16(26)15(7-25)30-18)19(22-13)31-8-9-2-1-3-10(4-9)24(28)29/h1-6,15-18,25-27H,7-8H2/t15-,16-,17-,18-/m1/s1. The third-order valence-electron chi connectivity index (χ3n) is 4.96. The van der Waals surface area contributed by atoms with Crippen LogP contribution in [0.5, 0.6) is 0 Å². The van der Waals surface area contributed by atoms with Crippen LogP contribution in [-0.4, -0.2) is 54.7 Å². The van der Waals surface area contributed by atoms with Crippen molar-refractivity contribution in [2.24, 2.45) is 0 Å². The number of ether oxygens (including phenoxy) is 1. The summed E-state index contributed by atoms with van der Waals surface area (Å²) in [4.78, 5) is 15.1. The highest BCUT2D eigenvalue weighted by molar-refractivity contribution is 7.98. The number of imidazole rings is 1. The Morgan fingerprint density at radius 1 is 1.19 bits per heavy atom. The van der Waals surface area contributed by atoms with Crippen molar-refractivity contribution in [1.29, 1.82) is 0 Å². The number of hydrogen-bond acceptors (Lipinski definition) is 8. The minimum Gasteiger partial charge on any atom is -0.394 e. The SMILES string of the molecule is O=[N+]([O-])c1cccc(CSc2nc3cc(Cl)c(Cl)cc3n2[C@@H]2O[C@H](CO)[C@@H](O)[C@H]2O)c1. The lowest BCUT2D eigenvalue weighted by atomic mass is 10.1. The number of non-ortho nitro benzene ring substituents is 1. The number of benzene rings is 2. The molecule has 3 aromatic rings. The van der Waals surface area contributed by atoms with Crippen LogP contribution >= 0.6 is 35.0 Å². The van der Waals surface area contributed by atoms with Crippen LogP contribution in [0.3, 0.4) is 0 Å². The molecule has 0 amide bonds. The third-order valence-corrected chi connectivity index (χ3v) is 6.71. The Kier molecular flexibility index (Phi) is 6.40. The van der Waals surface area contributed by atoms with E-state index in [0.717, 1.165) is 0 Å². The molecule has 164 valence electrons. The summed E-state index contributed by atoms with van der Waals surface area (Å²) in [6.45, 7) is -0.468. The summed E-state index contributed by atoms with van der Waals surface area (Å²) in [5, 5.41) is 42.2. The second kappa shape index (κ2) is 8.91. The van der Waals surface area contributed by atoms with E-state index in [4.69, 9.17) is 27.9 Å². The Morgan fingerprint density at radius 3 is 2.61 bits per heavy atom. The summed E-state index contributed by atoms with van der Waals surface area (Å²) in [5.74, 6) is 0.348. The summed E-state index contributed by atoms with van der Waals surface area (Å²) in [6.07, 6.45) is -4.59. The number of nitro benzene ring substituents is 1. The highest BCUT2D eigenvalue weighted by atomic mass is 35.5. The van der Waals surface area contributed by atoms with Crippen LogP contribution in [0.4, 0.5) is 5.69 Å². The molecular weight excluding hydrogens is 469 g/mol. The fraction of sp³-hybridized carbons (Fsp3) is 0.316. The zero-order chi connectivity index (χ0) is 22.3. The Bertz CT molecular complexity index is 1140. The number of thioether (sulfide) groups is 1. The fourth-order valence-corrected chi connectivity index (χ4v) is 4.71. The summed E-state index contributed by atoms with van der Waals surface area (Å²) in [5.41, 5.74) is 1.70. The van der Waals surface area contributed by atoms with Crippen molar-refractivity contribution in [1.82, 2.24) is 9.55 Å². The number of nitro groups is 1. The van der Waals surface area contributed by atoms with Gasteiger partial charge in [0.1, 0.15) is 18.3 Å². The third kappa shape index (κ3) is 4.24. The highest BCUT2D eigenvalue weighted by Crippen LogP contribution is 2.39. The first-order chi connectivity index (χ1) is 14.8. The molecule has 1 aromatic heterocycles. The molecule has 2 heterocycles. The lowest BCUT2D eigenvalue weighted by molar-refractivity contribution is -0.384. The molecule has 9 nitrogen and oxygen atoms in total. The topological polar surface area (TPSA) is 131 Å². The van der Waals surface area contributed by atoms with E-state index in [-0.39, 0.29) is 10.7 Å². The van der Waals surface area contributed by atoms with Gasteiger partial charge < -0.3 is 20.1 Å². The molecule has 0 spiro atoms. The van der Waals surface area contributed by atoms with Gasteiger partial charge in [0.2, 0.25) is 0 Å². The van der Waals surface area contributed by atoms with Crippen LogP contribution in [0, 0.1) is 10.1 Å². The van der Waals surface area contributed by atoms with E-state index in [2.05, 4.69) is 4.98 Å². The van der Waals surface area contributed by atoms with Crippen molar-refractivity contribution < 1.29 is 25.0 Å². The number of halogens is 2. The van der Waals surface area contributed by atoms with Gasteiger partial charge in [0.05, 0.1) is 32.6 Å². The van der Waals surface area contributed by atoms with Gasteiger partial charge in [-0.1, -0.05) is 47.1 Å². The van der Waals surface area contributed by atoms with E-state index >= 15 is 0 Å². The molecule has 0 bridgehead atoms. The number of fused-ring (bicyclic) bond motifs is 1. The Balaban J connectivity index is 1.73. The molecule has 1 aliphatic heterocycles. The van der Waals surface area contributed by atoms with Crippen molar-refractivity contribution >= 4 is 51.7 Å². The first-order valence-corrected chi connectivity index (χ1v) is 10.9. The van der Waals surface area contributed by atoms with E-state index in [1.807, 2.05) is 0 Å². The quantitative estimate of drug-likeness (QED) is 0.275. The van der Waals surface area contributed by atoms with Gasteiger partial charge in [0, 0.05) is 17.9 Å². The number of nitrogens with zero attached hydrogens (tertiary/aromatic N) is 3. The van der Waals surface area contributed by atoms with Gasteiger partial charge in [-0.3, -0.25) is 14.7 Å². The molecule has 2 aromatic carbocycles. The van der Waals surface area contributed by atoms with Gasteiger partial charge >= 0.3 is 0 Å². The van der Waals surface area contributed by atoms with Crippen LogP contribution < -0.4 is 0 Å². The molecule has 1 aliphatic rings. The second-order valence-electron chi connectivity index (χ2n) is 6.96. The van der Waals surface area contributed by atoms with Gasteiger partial charge in [-0.05, 0) is 17.7 Å². The van der Waals surface area contributed by atoms with E-state index in [1.165, 1.54) is 23.9 Å². The van der Waals surface area contributed by atoms with Crippen LogP contribution in [-0.2, 0) is 10.5 Å². The molecule has 1 fully saturated rings. The highest BCUT2D eigenvalue weighted by Gasteiger charge is 2.44. The molecule has 3 N–H and O–H groups in total. The zero-order valence-electron chi connectivity index (χ0n) is 15.8. The van der Waals surface area contributed by atoms with Gasteiger partial charge in [0.25, 0.3) is 5.69 Å². The maximum Gasteiger partial charge on any atom is 0.269 e. The molecule has 4 atom stereocenters. The Labute approximate surface area is 190 Å². The van der Waals surface area contributed by atoms with Crippen LogP contribution in [0.2, 0.25) is 10.0 Å². The monoisotopic (exact) mass is 485 g/mol. The number of rotatable bonds is 6. The van der Waals surface area contributed by atoms with Gasteiger partial charge in [-0.2, -0.15) is 0 Å². The zero-order valence-corrected chi connectivity index (χ0v) is 18.1. The molecule has 1 saturated heterocycles. The lowest BCUT2D eigenvalue weighted by Gasteiger charge is -2.19. The minimum atomic E-state index is -1.32. The molecule has 12 heteroatoms. The van der Waals surface area contributed by atoms with Crippen molar-refractivity contribution in [2.75, 3.05) is 6.61 Å². The maximum atomic E-state index is 11.0. The number of aliphatic hydroxyl groups is 3. The molecule has 0 unspecified atom stereocenters. The Morgan fingerprint density at radius 2 is 1.94 bits per heavy atom. The smallest absolute Gasteiger partial charge is 0.269 e. The van der Waals surface area contributed by atoms with Gasteiger partial charge in [-0.25, -0.2) is 4.98 Å². The average Bonchev–Trinajstić information content (AvgIpc) is 3.23. The number of aliphatic hydroxyl groups excluding tert-OH is 3. The van der Waals surface area contributed by atoms with Gasteiger partial charge in [-0.15, -0.1) is 0 Å². The largest absolute Gasteiger partial charge is 0.394 e. The predicted octanol–water partition coefficient (Wildman–Crippen LogP) is 3.16. The first kappa shape index (κ1) is 22.3. The van der Waals surface area contributed by atoms with E-state index in [1.54, 1.807) is 28.8 Å². The molecule has 31 heavy (non-hydrogen) atoms. The van der Waals surface area contributed by atoms with E-state index in [9.17, 15) is 25.4 Å². The molecule has 4 rings (SSSR count). The summed E-state index contributed by atoms with van der Waals surface area (Å²) in [6, 6.07) is 9.40. The predicted molar refractivity (Wildman–Crippen MR) is 115 cm³/mol. The van der Waals surface area contributed by atoms with Crippen molar-refractivity contribution in [3.63, 3.8) is 0 Å². The number of aromatic nitrogens is 2. The summed E-state index contributed by atoms with van der Waals surface area (Å²) >= 11 is 13.6. The Hall–Kier alpha value is -1.92.